The van der Waals surface area contributed by atoms with E-state index in [0.717, 1.165) is 43.9 Å². The molecular weight excluding hydrogens is 314 g/mol. The Labute approximate surface area is 138 Å². The smallest absolute Gasteiger partial charge is 0.214 e. The molecule has 1 saturated heterocycles. The highest BCUT2D eigenvalue weighted by Gasteiger charge is 2.35. The molecule has 6 nitrogen and oxygen atoms in total. The fourth-order valence-corrected chi connectivity index (χ4v) is 4.27. The molecule has 0 spiro atoms. The molecule has 0 aromatic carbocycles. The summed E-state index contributed by atoms with van der Waals surface area (Å²) in [6.45, 7) is 5.67. The van der Waals surface area contributed by atoms with Gasteiger partial charge in [-0.25, -0.2) is 13.1 Å². The number of nitrogens with zero attached hydrogens (tertiary/aromatic N) is 2. The lowest BCUT2D eigenvalue weighted by molar-refractivity contribution is -0.0342. The molecule has 2 heterocycles. The summed E-state index contributed by atoms with van der Waals surface area (Å²) in [5.74, 6) is 0. The summed E-state index contributed by atoms with van der Waals surface area (Å²) in [5.41, 5.74) is 2.10. The summed E-state index contributed by atoms with van der Waals surface area (Å²) in [7, 11) is -3.08. The summed E-state index contributed by atoms with van der Waals surface area (Å²) in [4.78, 5) is 6.86. The van der Waals surface area contributed by atoms with Gasteiger partial charge in [-0.3, -0.25) is 9.88 Å². The Bertz CT molecular complexity index is 631. The zero-order valence-electron chi connectivity index (χ0n) is 13.6. The van der Waals surface area contributed by atoms with Crippen molar-refractivity contribution in [2.45, 2.75) is 44.1 Å². The van der Waals surface area contributed by atoms with E-state index in [0.29, 0.717) is 19.6 Å². The zero-order chi connectivity index (χ0) is 16.3. The number of aromatic nitrogens is 1. The number of hydrogen-bond donors (Lipinski definition) is 1. The van der Waals surface area contributed by atoms with Gasteiger partial charge < -0.3 is 4.74 Å². The molecule has 2 fully saturated rings. The van der Waals surface area contributed by atoms with Gasteiger partial charge in [-0.2, -0.15) is 0 Å². The molecule has 1 N–H and O–H groups in total. The van der Waals surface area contributed by atoms with E-state index in [1.807, 2.05) is 25.1 Å². The lowest BCUT2D eigenvalue weighted by atomic mass is 10.2. The van der Waals surface area contributed by atoms with Crippen molar-refractivity contribution in [3.8, 4) is 0 Å². The molecule has 1 aromatic heterocycles. The molecule has 3 rings (SSSR count). The molecule has 7 heteroatoms. The largest absolute Gasteiger partial charge is 0.376 e. The Morgan fingerprint density at radius 1 is 1.39 bits per heavy atom. The van der Waals surface area contributed by atoms with Crippen molar-refractivity contribution >= 4 is 10.0 Å². The van der Waals surface area contributed by atoms with Gasteiger partial charge >= 0.3 is 0 Å². The van der Waals surface area contributed by atoms with Crippen molar-refractivity contribution in [2.75, 3.05) is 26.2 Å². The number of rotatable bonds is 7. The summed E-state index contributed by atoms with van der Waals surface area (Å²) in [6.07, 6.45) is 2.39. The second kappa shape index (κ2) is 7.25. The van der Waals surface area contributed by atoms with Crippen LogP contribution in [-0.4, -0.2) is 55.9 Å². The van der Waals surface area contributed by atoms with Crippen LogP contribution in [-0.2, 0) is 21.3 Å². The molecule has 23 heavy (non-hydrogen) atoms. The highest BCUT2D eigenvalue weighted by atomic mass is 32.2. The van der Waals surface area contributed by atoms with Gasteiger partial charge in [0.1, 0.15) is 0 Å². The van der Waals surface area contributed by atoms with Crippen molar-refractivity contribution in [1.82, 2.24) is 14.6 Å². The highest BCUT2D eigenvalue weighted by molar-refractivity contribution is 7.90. The fraction of sp³-hybridized carbons (Fsp3) is 0.688. The van der Waals surface area contributed by atoms with Gasteiger partial charge in [0.2, 0.25) is 10.0 Å². The number of hydrogen-bond acceptors (Lipinski definition) is 5. The standard InChI is InChI=1S/C16H25N3O3S/c1-13-3-2-4-14(18-13)11-19-9-10-22-15(12-19)7-8-17-23(20,21)16-5-6-16/h2-4,15-17H,5-12H2,1H3. The molecule has 0 bridgehead atoms. The maximum Gasteiger partial charge on any atom is 0.214 e. The van der Waals surface area contributed by atoms with Gasteiger partial charge in [0.25, 0.3) is 0 Å². The highest BCUT2D eigenvalue weighted by Crippen LogP contribution is 2.27. The van der Waals surface area contributed by atoms with Crippen molar-refractivity contribution in [3.05, 3.63) is 29.6 Å². The molecule has 0 radical (unpaired) electrons. The van der Waals surface area contributed by atoms with Crippen LogP contribution in [0.15, 0.2) is 18.2 Å². The Morgan fingerprint density at radius 2 is 2.22 bits per heavy atom. The van der Waals surface area contributed by atoms with Gasteiger partial charge in [-0.05, 0) is 38.3 Å². The van der Waals surface area contributed by atoms with Gasteiger partial charge in [0, 0.05) is 31.9 Å². The van der Waals surface area contributed by atoms with Gasteiger partial charge in [0.15, 0.2) is 0 Å². The number of sulfonamides is 1. The van der Waals surface area contributed by atoms with Crippen LogP contribution in [0, 0.1) is 6.92 Å². The minimum atomic E-state index is -3.08. The van der Waals surface area contributed by atoms with E-state index >= 15 is 0 Å². The van der Waals surface area contributed by atoms with E-state index in [1.54, 1.807) is 0 Å². The number of aryl methyl sites for hydroxylation is 1. The van der Waals surface area contributed by atoms with Gasteiger partial charge in [0.05, 0.1) is 23.7 Å². The van der Waals surface area contributed by atoms with Crippen molar-refractivity contribution < 1.29 is 13.2 Å². The number of ether oxygens (including phenoxy) is 1. The average molecular weight is 339 g/mol. The van der Waals surface area contributed by atoms with E-state index in [4.69, 9.17) is 4.74 Å². The molecule has 128 valence electrons. The Kier molecular flexibility index (Phi) is 5.31. The zero-order valence-corrected chi connectivity index (χ0v) is 14.4. The van der Waals surface area contributed by atoms with E-state index < -0.39 is 10.0 Å². The second-order valence-electron chi connectivity index (χ2n) is 6.43. The molecule has 1 atom stereocenters. The van der Waals surface area contributed by atoms with Crippen LogP contribution in [0.25, 0.3) is 0 Å². The molecule has 1 aliphatic heterocycles. The second-order valence-corrected chi connectivity index (χ2v) is 8.47. The SMILES string of the molecule is Cc1cccc(CN2CCOC(CCNS(=O)(=O)C3CC3)C2)n1. The lowest BCUT2D eigenvalue weighted by Crippen LogP contribution is -2.43. The van der Waals surface area contributed by atoms with Crippen molar-refractivity contribution in [2.24, 2.45) is 0 Å². The Hall–Kier alpha value is -1.02. The van der Waals surface area contributed by atoms with Crippen LogP contribution >= 0.6 is 0 Å². The third-order valence-electron chi connectivity index (χ3n) is 4.29. The Morgan fingerprint density at radius 3 is 2.96 bits per heavy atom. The molecule has 1 unspecified atom stereocenters. The lowest BCUT2D eigenvalue weighted by Gasteiger charge is -2.32. The minimum Gasteiger partial charge on any atom is -0.376 e. The van der Waals surface area contributed by atoms with E-state index in [-0.39, 0.29) is 11.4 Å². The monoisotopic (exact) mass is 339 g/mol. The van der Waals surface area contributed by atoms with E-state index in [1.165, 1.54) is 0 Å². The van der Waals surface area contributed by atoms with Crippen LogP contribution in [0.3, 0.4) is 0 Å². The van der Waals surface area contributed by atoms with Gasteiger partial charge in [-0.15, -0.1) is 0 Å². The van der Waals surface area contributed by atoms with Crippen LogP contribution in [0.5, 0.6) is 0 Å². The van der Waals surface area contributed by atoms with Crippen LogP contribution in [0.4, 0.5) is 0 Å². The van der Waals surface area contributed by atoms with Crippen LogP contribution in [0.1, 0.15) is 30.7 Å². The predicted octanol–water partition coefficient (Wildman–Crippen LogP) is 1.06. The number of nitrogens with one attached hydrogen (secondary N) is 1. The summed E-state index contributed by atoms with van der Waals surface area (Å²) >= 11 is 0. The van der Waals surface area contributed by atoms with E-state index in [2.05, 4.69) is 14.6 Å². The molecule has 0 amide bonds. The summed E-state index contributed by atoms with van der Waals surface area (Å²) < 4.78 is 32.1. The normalized spacial score (nSPS) is 23.1. The topological polar surface area (TPSA) is 71.5 Å². The maximum atomic E-state index is 11.8. The molecule has 2 aliphatic rings. The number of pyridine rings is 1. The van der Waals surface area contributed by atoms with Crippen molar-refractivity contribution in [1.29, 1.82) is 0 Å². The van der Waals surface area contributed by atoms with Crippen molar-refractivity contribution in [3.63, 3.8) is 0 Å². The summed E-state index contributed by atoms with van der Waals surface area (Å²) in [6, 6.07) is 6.07. The average Bonchev–Trinajstić information content (AvgIpc) is 3.32. The van der Waals surface area contributed by atoms with E-state index in [9.17, 15) is 8.42 Å². The minimum absolute atomic E-state index is 0.0791. The molecular formula is C16H25N3O3S. The fourth-order valence-electron chi connectivity index (χ4n) is 2.87. The first-order chi connectivity index (χ1) is 11.0. The third kappa shape index (κ3) is 4.97. The maximum absolute atomic E-state index is 11.8. The molecule has 1 saturated carbocycles. The van der Waals surface area contributed by atoms with Crippen LogP contribution in [0.2, 0.25) is 0 Å². The van der Waals surface area contributed by atoms with Crippen LogP contribution < -0.4 is 4.72 Å². The molecule has 1 aromatic rings. The number of morpholine rings is 1. The predicted molar refractivity (Wildman–Crippen MR) is 88.6 cm³/mol. The summed E-state index contributed by atoms with van der Waals surface area (Å²) in [5, 5.41) is -0.154. The molecule has 1 aliphatic carbocycles. The first-order valence-electron chi connectivity index (χ1n) is 8.28. The third-order valence-corrected chi connectivity index (χ3v) is 6.24. The quantitative estimate of drug-likeness (QED) is 0.804. The Balaban J connectivity index is 1.44. The first kappa shape index (κ1) is 16.8. The van der Waals surface area contributed by atoms with Gasteiger partial charge in [-0.1, -0.05) is 6.07 Å². The first-order valence-corrected chi connectivity index (χ1v) is 9.82.